The van der Waals surface area contributed by atoms with Gasteiger partial charge in [0.1, 0.15) is 0 Å². The average Bonchev–Trinajstić information content (AvgIpc) is 3.21. The van der Waals surface area contributed by atoms with Crippen molar-refractivity contribution in [2.24, 2.45) is 0 Å². The summed E-state index contributed by atoms with van der Waals surface area (Å²) in [6, 6.07) is 8.02. The van der Waals surface area contributed by atoms with Gasteiger partial charge in [-0.05, 0) is 50.6 Å². The fraction of sp³-hybridized carbons (Fsp3) is 0.312. The molecule has 3 heteroatoms. The molecule has 1 heterocycles. The number of hydrogen-bond acceptors (Lipinski definition) is 2. The van der Waals surface area contributed by atoms with Crippen LogP contribution < -0.4 is 5.32 Å². The zero-order valence-electron chi connectivity index (χ0n) is 11.4. The number of fused-ring (bicyclic) bond motifs is 1. The molecule has 2 aromatic rings. The molecule has 2 N–H and O–H groups in total. The van der Waals surface area contributed by atoms with Crippen LogP contribution in [-0.4, -0.2) is 19.1 Å². The highest BCUT2D eigenvalue weighted by molar-refractivity contribution is 5.85. The van der Waals surface area contributed by atoms with E-state index in [9.17, 15) is 0 Å². The van der Waals surface area contributed by atoms with Crippen LogP contribution in [0, 0.1) is 24.2 Å². The van der Waals surface area contributed by atoms with Gasteiger partial charge in [0.05, 0.1) is 11.6 Å². The summed E-state index contributed by atoms with van der Waals surface area (Å²) in [6.07, 6.45) is 12.7. The number of hydrogen-bond donors (Lipinski definition) is 2. The van der Waals surface area contributed by atoms with E-state index in [0.29, 0.717) is 0 Å². The van der Waals surface area contributed by atoms with Crippen molar-refractivity contribution >= 4 is 10.9 Å². The third kappa shape index (κ3) is 3.61. The summed E-state index contributed by atoms with van der Waals surface area (Å²) in [5.74, 6) is 0.761. The van der Waals surface area contributed by atoms with Crippen LogP contribution in [0.15, 0.2) is 24.4 Å². The van der Waals surface area contributed by atoms with Crippen LogP contribution in [0.4, 0.5) is 0 Å². The first kappa shape index (κ1) is 14.8. The van der Waals surface area contributed by atoms with Crippen molar-refractivity contribution in [3.63, 3.8) is 0 Å². The summed E-state index contributed by atoms with van der Waals surface area (Å²) in [4.78, 5) is 3.23. The normalized spacial score (nSPS) is 12.6. The van der Waals surface area contributed by atoms with Crippen LogP contribution in [0.3, 0.4) is 0 Å². The SMILES string of the molecule is C#C.CNC.N#Cc1ccc2c(C3CC3)c[nH]c2c1. The predicted octanol–water partition coefficient (Wildman–Crippen LogP) is 3.00. The van der Waals surface area contributed by atoms with Gasteiger partial charge in [0.15, 0.2) is 0 Å². The van der Waals surface area contributed by atoms with E-state index in [-0.39, 0.29) is 0 Å². The molecule has 0 bridgehead atoms. The van der Waals surface area contributed by atoms with E-state index < -0.39 is 0 Å². The monoisotopic (exact) mass is 253 g/mol. The molecule has 1 fully saturated rings. The predicted molar refractivity (Wildman–Crippen MR) is 79.9 cm³/mol. The van der Waals surface area contributed by atoms with Crippen LogP contribution in [0.2, 0.25) is 0 Å². The number of nitrogens with zero attached hydrogens (tertiary/aromatic N) is 1. The number of aromatic nitrogens is 1. The van der Waals surface area contributed by atoms with E-state index in [0.717, 1.165) is 17.0 Å². The van der Waals surface area contributed by atoms with Crippen molar-refractivity contribution in [1.29, 1.82) is 5.26 Å². The second kappa shape index (κ2) is 7.26. The molecule has 98 valence electrons. The van der Waals surface area contributed by atoms with Crippen molar-refractivity contribution < 1.29 is 0 Å². The third-order valence-electron chi connectivity index (χ3n) is 2.86. The van der Waals surface area contributed by atoms with Gasteiger partial charge in [-0.25, -0.2) is 0 Å². The van der Waals surface area contributed by atoms with Crippen molar-refractivity contribution in [3.8, 4) is 18.9 Å². The molecule has 0 saturated heterocycles. The minimum Gasteiger partial charge on any atom is -0.361 e. The highest BCUT2D eigenvalue weighted by Gasteiger charge is 2.25. The van der Waals surface area contributed by atoms with E-state index >= 15 is 0 Å². The lowest BCUT2D eigenvalue weighted by molar-refractivity contribution is 1.02. The Hall–Kier alpha value is -2.23. The van der Waals surface area contributed by atoms with E-state index in [1.165, 1.54) is 23.8 Å². The van der Waals surface area contributed by atoms with Crippen LogP contribution in [0.1, 0.15) is 29.9 Å². The van der Waals surface area contributed by atoms with Gasteiger partial charge in [-0.1, -0.05) is 6.07 Å². The molecule has 0 atom stereocenters. The standard InChI is InChI=1S/C12H10N2.C2H7N.C2H2/c13-6-8-1-4-10-11(9-2-3-9)7-14-12(10)5-8;1-3-2;1-2/h1,4-5,7,9,14H,2-3H2;3H,1-2H3;1-2H. The molecule has 1 aliphatic rings. The number of benzene rings is 1. The van der Waals surface area contributed by atoms with Crippen molar-refractivity contribution in [3.05, 3.63) is 35.5 Å². The number of aromatic amines is 1. The first-order chi connectivity index (χ1) is 9.30. The molecule has 1 aromatic carbocycles. The lowest BCUT2D eigenvalue weighted by Crippen LogP contribution is -1.89. The largest absolute Gasteiger partial charge is 0.361 e. The van der Waals surface area contributed by atoms with Gasteiger partial charge in [0.25, 0.3) is 0 Å². The Labute approximate surface area is 114 Å². The number of nitrogens with one attached hydrogen (secondary N) is 2. The molecular formula is C16H19N3. The molecule has 0 unspecified atom stereocenters. The van der Waals surface area contributed by atoms with Gasteiger partial charge >= 0.3 is 0 Å². The van der Waals surface area contributed by atoms with E-state index in [1.807, 2.05) is 26.2 Å². The van der Waals surface area contributed by atoms with Crippen molar-refractivity contribution in [1.82, 2.24) is 10.3 Å². The summed E-state index contributed by atoms with van der Waals surface area (Å²) < 4.78 is 0. The smallest absolute Gasteiger partial charge is 0.0992 e. The molecule has 0 radical (unpaired) electrons. The minimum atomic E-state index is 0.724. The Balaban J connectivity index is 0.000000321. The fourth-order valence-corrected chi connectivity index (χ4v) is 1.95. The molecular weight excluding hydrogens is 234 g/mol. The number of terminal acetylenes is 1. The fourth-order valence-electron chi connectivity index (χ4n) is 1.95. The first-order valence-electron chi connectivity index (χ1n) is 6.23. The molecule has 0 spiro atoms. The first-order valence-corrected chi connectivity index (χ1v) is 6.23. The van der Waals surface area contributed by atoms with Crippen LogP contribution in [0.5, 0.6) is 0 Å². The number of H-pyrrole nitrogens is 1. The van der Waals surface area contributed by atoms with Crippen LogP contribution in [-0.2, 0) is 0 Å². The van der Waals surface area contributed by atoms with Gasteiger partial charge in [-0.2, -0.15) is 5.26 Å². The van der Waals surface area contributed by atoms with E-state index in [4.69, 9.17) is 5.26 Å². The zero-order chi connectivity index (χ0) is 14.3. The molecule has 1 saturated carbocycles. The van der Waals surface area contributed by atoms with Crippen molar-refractivity contribution in [2.45, 2.75) is 18.8 Å². The van der Waals surface area contributed by atoms with Gasteiger partial charge in [0.2, 0.25) is 0 Å². The topological polar surface area (TPSA) is 51.6 Å². The van der Waals surface area contributed by atoms with Gasteiger partial charge in [0, 0.05) is 17.1 Å². The lowest BCUT2D eigenvalue weighted by Gasteiger charge is -1.94. The molecule has 0 aliphatic heterocycles. The van der Waals surface area contributed by atoms with E-state index in [1.54, 1.807) is 0 Å². The highest BCUT2D eigenvalue weighted by atomic mass is 14.7. The third-order valence-corrected chi connectivity index (χ3v) is 2.86. The average molecular weight is 253 g/mol. The zero-order valence-corrected chi connectivity index (χ0v) is 11.4. The lowest BCUT2D eigenvalue weighted by atomic mass is 10.1. The maximum Gasteiger partial charge on any atom is 0.0992 e. The van der Waals surface area contributed by atoms with Crippen LogP contribution in [0.25, 0.3) is 10.9 Å². The molecule has 3 nitrogen and oxygen atoms in total. The Morgan fingerprint density at radius 3 is 2.47 bits per heavy atom. The Kier molecular flexibility index (Phi) is 5.67. The molecule has 3 rings (SSSR count). The van der Waals surface area contributed by atoms with Gasteiger partial charge in [-0.3, -0.25) is 0 Å². The Bertz CT molecular complexity index is 583. The maximum absolute atomic E-state index is 8.76. The Morgan fingerprint density at radius 1 is 1.32 bits per heavy atom. The van der Waals surface area contributed by atoms with Crippen molar-refractivity contribution in [2.75, 3.05) is 14.1 Å². The van der Waals surface area contributed by atoms with Gasteiger partial charge < -0.3 is 10.3 Å². The quantitative estimate of drug-likeness (QED) is 0.768. The number of rotatable bonds is 1. The molecule has 0 amide bonds. The molecule has 19 heavy (non-hydrogen) atoms. The summed E-state index contributed by atoms with van der Waals surface area (Å²) in [6.45, 7) is 0. The second-order valence-corrected chi connectivity index (χ2v) is 4.39. The minimum absolute atomic E-state index is 0.724. The summed E-state index contributed by atoms with van der Waals surface area (Å²) >= 11 is 0. The molecule has 1 aliphatic carbocycles. The molecule has 1 aromatic heterocycles. The summed E-state index contributed by atoms with van der Waals surface area (Å²) in [7, 11) is 3.75. The Morgan fingerprint density at radius 2 is 1.95 bits per heavy atom. The number of nitriles is 1. The highest BCUT2D eigenvalue weighted by Crippen LogP contribution is 2.43. The summed E-state index contributed by atoms with van der Waals surface area (Å²) in [5.41, 5.74) is 3.23. The van der Waals surface area contributed by atoms with E-state index in [2.05, 4.69) is 41.5 Å². The van der Waals surface area contributed by atoms with Crippen LogP contribution >= 0.6 is 0 Å². The summed E-state index contributed by atoms with van der Waals surface area (Å²) in [5, 5.41) is 12.8. The maximum atomic E-state index is 8.76. The second-order valence-electron chi connectivity index (χ2n) is 4.39. The van der Waals surface area contributed by atoms with Gasteiger partial charge in [-0.15, -0.1) is 12.8 Å².